The zero-order valence-corrected chi connectivity index (χ0v) is 24.0. The van der Waals surface area contributed by atoms with E-state index < -0.39 is 17.4 Å². The van der Waals surface area contributed by atoms with E-state index in [0.29, 0.717) is 44.9 Å². The lowest BCUT2D eigenvalue weighted by Gasteiger charge is -2.40. The number of likely N-dealkylation sites (tertiary alicyclic amines) is 1. The Balaban J connectivity index is 1.47. The van der Waals surface area contributed by atoms with Crippen LogP contribution in [0.2, 0.25) is 0 Å². The number of aliphatic hydroxyl groups is 1. The molecular weight excluding hydrogens is 502 g/mol. The predicted octanol–water partition coefficient (Wildman–Crippen LogP) is 5.38. The van der Waals surface area contributed by atoms with E-state index in [0.717, 1.165) is 44.6 Å². The van der Waals surface area contributed by atoms with Crippen molar-refractivity contribution >= 4 is 5.91 Å². The zero-order valence-electron chi connectivity index (χ0n) is 24.0. The minimum absolute atomic E-state index is 0.0503. The molecule has 1 aliphatic carbocycles. The van der Waals surface area contributed by atoms with E-state index in [-0.39, 0.29) is 37.1 Å². The van der Waals surface area contributed by atoms with Crippen LogP contribution in [0, 0.1) is 23.2 Å². The smallest absolute Gasteiger partial charge is 0.248 e. The number of halogens is 2. The fraction of sp³-hybridized carbons (Fsp3) is 0.774. The maximum atomic E-state index is 13.8. The summed E-state index contributed by atoms with van der Waals surface area (Å²) in [6, 6.07) is 8.13. The van der Waals surface area contributed by atoms with Crippen molar-refractivity contribution in [2.45, 2.75) is 83.8 Å². The molecule has 0 unspecified atom stereocenters. The topological polar surface area (TPSA) is 62.2 Å². The van der Waals surface area contributed by atoms with Crippen LogP contribution in [0.4, 0.5) is 8.78 Å². The Kier molecular flexibility index (Phi) is 10.3. The number of nitrogens with zero attached hydrogens (tertiary/aromatic N) is 2. The molecule has 8 heteroatoms. The lowest BCUT2D eigenvalue weighted by Crippen LogP contribution is -2.48. The van der Waals surface area contributed by atoms with E-state index in [9.17, 15) is 18.7 Å². The molecule has 220 valence electrons. The van der Waals surface area contributed by atoms with E-state index in [1.807, 2.05) is 32.0 Å². The fourth-order valence-corrected chi connectivity index (χ4v) is 6.53. The summed E-state index contributed by atoms with van der Waals surface area (Å²) in [6.45, 7) is 8.31. The van der Waals surface area contributed by atoms with E-state index in [1.54, 1.807) is 12.0 Å². The third-order valence-corrected chi connectivity index (χ3v) is 9.30. The van der Waals surface area contributed by atoms with Gasteiger partial charge in [0.05, 0.1) is 19.8 Å². The number of hydrogen-bond donors (Lipinski definition) is 1. The summed E-state index contributed by atoms with van der Waals surface area (Å²) in [5.74, 6) is -0.963. The van der Waals surface area contributed by atoms with Crippen molar-refractivity contribution < 1.29 is 28.2 Å². The summed E-state index contributed by atoms with van der Waals surface area (Å²) in [6.07, 6.45) is 3.15. The predicted molar refractivity (Wildman–Crippen MR) is 148 cm³/mol. The number of methoxy groups -OCH3 is 1. The highest BCUT2D eigenvalue weighted by Gasteiger charge is 2.39. The molecule has 6 nitrogen and oxygen atoms in total. The van der Waals surface area contributed by atoms with Gasteiger partial charge in [0.1, 0.15) is 5.75 Å². The summed E-state index contributed by atoms with van der Waals surface area (Å²) in [5.41, 5.74) is 0.660. The van der Waals surface area contributed by atoms with Gasteiger partial charge in [0, 0.05) is 63.0 Å². The highest BCUT2D eigenvalue weighted by atomic mass is 19.3. The second-order valence-corrected chi connectivity index (χ2v) is 12.9. The molecule has 0 radical (unpaired) electrons. The van der Waals surface area contributed by atoms with Crippen molar-refractivity contribution in [2.24, 2.45) is 23.2 Å². The Labute approximate surface area is 233 Å². The van der Waals surface area contributed by atoms with Gasteiger partial charge in [-0.25, -0.2) is 8.78 Å². The van der Waals surface area contributed by atoms with Crippen molar-refractivity contribution in [3.05, 3.63) is 29.8 Å². The molecule has 0 aromatic heterocycles. The van der Waals surface area contributed by atoms with Crippen molar-refractivity contribution in [1.29, 1.82) is 0 Å². The van der Waals surface area contributed by atoms with Gasteiger partial charge in [-0.05, 0) is 62.5 Å². The number of carbonyl (C=O) groups is 1. The van der Waals surface area contributed by atoms with E-state index in [4.69, 9.17) is 9.47 Å². The number of β-amino-alcohol motifs (C(OH)–C–C–N with tert-alkyl or cyclic N) is 1. The molecule has 2 heterocycles. The van der Waals surface area contributed by atoms with Crippen LogP contribution in [0.3, 0.4) is 0 Å². The van der Waals surface area contributed by atoms with E-state index in [2.05, 4.69) is 11.0 Å². The first kappa shape index (κ1) is 30.2. The molecule has 1 amide bonds. The summed E-state index contributed by atoms with van der Waals surface area (Å²) < 4.78 is 39.2. The molecule has 4 rings (SSSR count). The molecule has 0 bridgehead atoms. The van der Waals surface area contributed by atoms with Crippen LogP contribution < -0.4 is 4.74 Å². The summed E-state index contributed by atoms with van der Waals surface area (Å²) in [5, 5.41) is 11.1. The van der Waals surface area contributed by atoms with Crippen LogP contribution >= 0.6 is 0 Å². The second-order valence-electron chi connectivity index (χ2n) is 12.9. The van der Waals surface area contributed by atoms with Gasteiger partial charge in [0.2, 0.25) is 11.8 Å². The number of carbonyl (C=O) groups excluding carboxylic acids is 1. The van der Waals surface area contributed by atoms with Crippen molar-refractivity contribution in [3.63, 3.8) is 0 Å². The summed E-state index contributed by atoms with van der Waals surface area (Å²) >= 11 is 0. The number of para-hydroxylation sites is 1. The number of benzene rings is 1. The maximum Gasteiger partial charge on any atom is 0.248 e. The lowest BCUT2D eigenvalue weighted by atomic mass is 9.79. The van der Waals surface area contributed by atoms with Crippen LogP contribution in [0.1, 0.15) is 70.8 Å². The molecule has 1 aromatic rings. The maximum absolute atomic E-state index is 13.8. The van der Waals surface area contributed by atoms with Crippen LogP contribution in [0.25, 0.3) is 0 Å². The number of aliphatic hydroxyl groups excluding tert-OH is 1. The molecule has 3 atom stereocenters. The monoisotopic (exact) mass is 550 g/mol. The number of rotatable bonds is 5. The molecule has 3 aliphatic rings. The van der Waals surface area contributed by atoms with E-state index in [1.165, 1.54) is 5.56 Å². The minimum Gasteiger partial charge on any atom is -0.496 e. The molecule has 39 heavy (non-hydrogen) atoms. The average Bonchev–Trinajstić information content (AvgIpc) is 2.90. The van der Waals surface area contributed by atoms with Gasteiger partial charge in [-0.15, -0.1) is 0 Å². The Hall–Kier alpha value is -1.77. The molecule has 1 aromatic carbocycles. The number of alkyl halides is 2. The fourth-order valence-electron chi connectivity index (χ4n) is 6.53. The molecule has 1 saturated carbocycles. The molecule has 3 fully saturated rings. The number of piperidine rings is 1. The van der Waals surface area contributed by atoms with Crippen molar-refractivity contribution in [1.82, 2.24) is 9.80 Å². The van der Waals surface area contributed by atoms with Crippen LogP contribution in [-0.4, -0.2) is 79.3 Å². The standard InChI is InChI=1S/C31H48F2N2O4/c1-30(2)22-39-16-6-8-25-19-34(20-26-7-4-5-9-27(26)38-3)15-12-24(25)17-29(37)35(21-28(30)36)18-23-10-13-31(32,33)14-11-23/h4-5,7,9,23-25,28,36H,6,8,10-22H2,1-3H3/t24-,25-,28-/m0/s1. The number of hydrogen-bond acceptors (Lipinski definition) is 5. The molecule has 1 N–H and O–H groups in total. The Morgan fingerprint density at radius 1 is 1.08 bits per heavy atom. The Morgan fingerprint density at radius 3 is 2.56 bits per heavy atom. The number of ether oxygens (including phenoxy) is 2. The first-order valence-electron chi connectivity index (χ1n) is 14.8. The van der Waals surface area contributed by atoms with Crippen LogP contribution in [0.5, 0.6) is 5.75 Å². The first-order valence-corrected chi connectivity index (χ1v) is 14.8. The van der Waals surface area contributed by atoms with Gasteiger partial charge < -0.3 is 19.5 Å². The van der Waals surface area contributed by atoms with Crippen LogP contribution in [-0.2, 0) is 16.1 Å². The number of fused-ring (bicyclic) bond motifs is 1. The highest BCUT2D eigenvalue weighted by Crippen LogP contribution is 2.38. The van der Waals surface area contributed by atoms with Gasteiger partial charge in [-0.1, -0.05) is 32.0 Å². The molecule has 2 aliphatic heterocycles. The lowest BCUT2D eigenvalue weighted by molar-refractivity contribution is -0.138. The molecule has 0 spiro atoms. The zero-order chi connectivity index (χ0) is 28.0. The summed E-state index contributed by atoms with van der Waals surface area (Å²) in [4.78, 5) is 18.0. The van der Waals surface area contributed by atoms with Gasteiger partial charge in [0.15, 0.2) is 0 Å². The third-order valence-electron chi connectivity index (χ3n) is 9.30. The van der Waals surface area contributed by atoms with Crippen molar-refractivity contribution in [3.8, 4) is 5.75 Å². The first-order chi connectivity index (χ1) is 18.6. The second kappa shape index (κ2) is 13.3. The molecule has 2 saturated heterocycles. The van der Waals surface area contributed by atoms with Gasteiger partial charge in [0.25, 0.3) is 0 Å². The van der Waals surface area contributed by atoms with Gasteiger partial charge in [-0.2, -0.15) is 0 Å². The van der Waals surface area contributed by atoms with E-state index >= 15 is 0 Å². The normalized spacial score (nSPS) is 29.5. The Bertz CT molecular complexity index is 933. The van der Waals surface area contributed by atoms with Gasteiger partial charge in [-0.3, -0.25) is 9.69 Å². The minimum atomic E-state index is -2.59. The highest BCUT2D eigenvalue weighted by molar-refractivity contribution is 5.76. The molecular formula is C31H48F2N2O4. The summed E-state index contributed by atoms with van der Waals surface area (Å²) in [7, 11) is 1.70. The Morgan fingerprint density at radius 2 is 1.82 bits per heavy atom. The SMILES string of the molecule is COc1ccccc1CN1CC[C@H]2CC(=O)N(CC3CCC(F)(F)CC3)C[C@H](O)C(C)(C)COCCC[C@H]2C1. The van der Waals surface area contributed by atoms with Gasteiger partial charge >= 0.3 is 0 Å². The number of amides is 1. The third kappa shape index (κ3) is 8.37. The largest absolute Gasteiger partial charge is 0.496 e. The van der Waals surface area contributed by atoms with Crippen molar-refractivity contribution in [2.75, 3.05) is 46.5 Å². The van der Waals surface area contributed by atoms with Crippen LogP contribution in [0.15, 0.2) is 24.3 Å². The quantitative estimate of drug-likeness (QED) is 0.534. The average molecular weight is 551 g/mol.